The maximum Gasteiger partial charge on any atom is 0.236 e. The van der Waals surface area contributed by atoms with Gasteiger partial charge in [0.2, 0.25) is 5.91 Å². The van der Waals surface area contributed by atoms with Crippen LogP contribution < -0.4 is 0 Å². The molecule has 0 aliphatic carbocycles. The van der Waals surface area contributed by atoms with Crippen molar-refractivity contribution in [2.45, 2.75) is 30.6 Å². The molecule has 14 heavy (non-hydrogen) atoms. The fourth-order valence-corrected chi connectivity index (χ4v) is 2.14. The quantitative estimate of drug-likeness (QED) is 0.701. The molecule has 0 saturated carbocycles. The Morgan fingerprint density at radius 3 is 2.29 bits per heavy atom. The first-order chi connectivity index (χ1) is 6.52. The second-order valence-corrected chi connectivity index (χ2v) is 5.51. The Balaban J connectivity index is 2.39. The van der Waals surface area contributed by atoms with E-state index in [0.29, 0.717) is 6.04 Å². The Bertz CT molecular complexity index is 198. The van der Waals surface area contributed by atoms with E-state index in [4.69, 9.17) is 0 Å². The zero-order valence-corrected chi connectivity index (χ0v) is 10.7. The lowest BCUT2D eigenvalue weighted by Gasteiger charge is -2.35. The predicted octanol–water partition coefficient (Wildman–Crippen LogP) is 1.32. The van der Waals surface area contributed by atoms with Gasteiger partial charge in [-0.25, -0.2) is 0 Å². The fraction of sp³-hybridized carbons (Fsp3) is 0.900. The highest BCUT2D eigenvalue weighted by atomic mass is 79.9. The van der Waals surface area contributed by atoms with Gasteiger partial charge in [-0.2, -0.15) is 0 Å². The van der Waals surface area contributed by atoms with Crippen molar-refractivity contribution in [3.05, 3.63) is 0 Å². The minimum Gasteiger partial charge on any atom is -0.342 e. The molecular weight excluding hydrogens is 244 g/mol. The van der Waals surface area contributed by atoms with Gasteiger partial charge >= 0.3 is 0 Å². The number of carbonyl (C=O) groups excluding carboxylic acids is 1. The van der Waals surface area contributed by atoms with Crippen LogP contribution in [0, 0.1) is 0 Å². The van der Waals surface area contributed by atoms with E-state index in [1.165, 1.54) is 0 Å². The van der Waals surface area contributed by atoms with Crippen LogP contribution in [0.4, 0.5) is 0 Å². The highest BCUT2D eigenvalue weighted by Crippen LogP contribution is 2.16. The Morgan fingerprint density at radius 2 is 1.93 bits per heavy atom. The summed E-state index contributed by atoms with van der Waals surface area (Å²) in [6.07, 6.45) is 2.19. The van der Waals surface area contributed by atoms with Crippen molar-refractivity contribution in [3.63, 3.8) is 0 Å². The van der Waals surface area contributed by atoms with E-state index in [-0.39, 0.29) is 10.7 Å². The monoisotopic (exact) mass is 262 g/mol. The van der Waals surface area contributed by atoms with Gasteiger partial charge in [0, 0.05) is 19.1 Å². The molecule has 1 unspecified atom stereocenters. The van der Waals surface area contributed by atoms with Crippen molar-refractivity contribution < 1.29 is 4.79 Å². The number of rotatable bonds is 2. The van der Waals surface area contributed by atoms with E-state index in [2.05, 4.69) is 34.9 Å². The topological polar surface area (TPSA) is 23.6 Å². The Labute approximate surface area is 94.6 Å². The van der Waals surface area contributed by atoms with Crippen molar-refractivity contribution >= 4 is 21.8 Å². The van der Waals surface area contributed by atoms with Gasteiger partial charge in [-0.15, -0.1) is 0 Å². The molecule has 1 atom stereocenters. The number of amides is 1. The lowest BCUT2D eigenvalue weighted by molar-refractivity contribution is -0.131. The summed E-state index contributed by atoms with van der Waals surface area (Å²) >= 11 is 3.32. The first-order valence-corrected chi connectivity index (χ1v) is 6.03. The van der Waals surface area contributed by atoms with Crippen LogP contribution >= 0.6 is 15.9 Å². The molecule has 0 spiro atoms. The highest BCUT2D eigenvalue weighted by Gasteiger charge is 2.25. The van der Waals surface area contributed by atoms with Crippen LogP contribution in [0.2, 0.25) is 0 Å². The SMILES string of the molecule is CC(Br)C(=O)N1CCC(N(C)C)CC1. The van der Waals surface area contributed by atoms with Crippen LogP contribution in [-0.2, 0) is 4.79 Å². The van der Waals surface area contributed by atoms with Crippen molar-refractivity contribution in [3.8, 4) is 0 Å². The minimum absolute atomic E-state index is 0.0431. The van der Waals surface area contributed by atoms with Crippen LogP contribution in [-0.4, -0.2) is 53.8 Å². The molecule has 82 valence electrons. The van der Waals surface area contributed by atoms with Crippen LogP contribution in [0.1, 0.15) is 19.8 Å². The van der Waals surface area contributed by atoms with E-state index in [1.807, 2.05) is 11.8 Å². The number of piperidine rings is 1. The number of carbonyl (C=O) groups is 1. The molecule has 1 rings (SSSR count). The van der Waals surface area contributed by atoms with Crippen LogP contribution in [0.3, 0.4) is 0 Å². The number of hydrogen-bond acceptors (Lipinski definition) is 2. The average Bonchev–Trinajstić information content (AvgIpc) is 2.16. The molecule has 0 aromatic carbocycles. The van der Waals surface area contributed by atoms with Crippen LogP contribution in [0.15, 0.2) is 0 Å². The molecule has 1 heterocycles. The molecule has 3 nitrogen and oxygen atoms in total. The number of hydrogen-bond donors (Lipinski definition) is 0. The Kier molecular flexibility index (Phi) is 4.38. The van der Waals surface area contributed by atoms with Gasteiger partial charge in [0.25, 0.3) is 0 Å². The summed E-state index contributed by atoms with van der Waals surface area (Å²) in [5.74, 6) is 0.224. The summed E-state index contributed by atoms with van der Waals surface area (Å²) in [6.45, 7) is 3.69. The third-order valence-electron chi connectivity index (χ3n) is 2.85. The molecule has 0 bridgehead atoms. The molecule has 0 aromatic rings. The van der Waals surface area contributed by atoms with E-state index in [1.54, 1.807) is 0 Å². The number of likely N-dealkylation sites (tertiary alicyclic amines) is 1. The molecule has 1 amide bonds. The maximum atomic E-state index is 11.6. The lowest BCUT2D eigenvalue weighted by atomic mass is 10.0. The first kappa shape index (κ1) is 12.0. The molecule has 1 aliphatic heterocycles. The van der Waals surface area contributed by atoms with Crippen molar-refractivity contribution in [1.29, 1.82) is 0 Å². The molecule has 0 aromatic heterocycles. The normalized spacial score (nSPS) is 21.4. The summed E-state index contributed by atoms with van der Waals surface area (Å²) in [7, 11) is 4.21. The summed E-state index contributed by atoms with van der Waals surface area (Å²) in [4.78, 5) is 15.8. The first-order valence-electron chi connectivity index (χ1n) is 5.11. The second-order valence-electron chi connectivity index (χ2n) is 4.14. The van der Waals surface area contributed by atoms with Crippen LogP contribution in [0.5, 0.6) is 0 Å². The van der Waals surface area contributed by atoms with E-state index >= 15 is 0 Å². The molecule has 1 saturated heterocycles. The fourth-order valence-electron chi connectivity index (χ4n) is 1.85. The van der Waals surface area contributed by atoms with E-state index < -0.39 is 0 Å². The highest BCUT2D eigenvalue weighted by molar-refractivity contribution is 9.10. The lowest BCUT2D eigenvalue weighted by Crippen LogP contribution is -2.46. The summed E-state index contributed by atoms with van der Waals surface area (Å²) < 4.78 is 0. The average molecular weight is 263 g/mol. The Morgan fingerprint density at radius 1 is 1.43 bits per heavy atom. The van der Waals surface area contributed by atoms with E-state index in [0.717, 1.165) is 25.9 Å². The largest absolute Gasteiger partial charge is 0.342 e. The van der Waals surface area contributed by atoms with Gasteiger partial charge in [0.05, 0.1) is 4.83 Å². The smallest absolute Gasteiger partial charge is 0.236 e. The number of alkyl halides is 1. The summed E-state index contributed by atoms with van der Waals surface area (Å²) in [6, 6.07) is 0.643. The molecular formula is C10H19BrN2O. The molecule has 0 N–H and O–H groups in total. The standard InChI is InChI=1S/C10H19BrN2O/c1-8(11)10(14)13-6-4-9(5-7-13)12(2)3/h8-9H,4-7H2,1-3H3. The maximum absolute atomic E-state index is 11.6. The molecule has 4 heteroatoms. The minimum atomic E-state index is -0.0431. The molecule has 1 fully saturated rings. The van der Waals surface area contributed by atoms with Crippen molar-refractivity contribution in [1.82, 2.24) is 9.80 Å². The van der Waals surface area contributed by atoms with Crippen molar-refractivity contribution in [2.24, 2.45) is 0 Å². The molecule has 1 aliphatic rings. The summed E-state index contributed by atoms with van der Waals surface area (Å²) in [5, 5.41) is 0. The van der Waals surface area contributed by atoms with Gasteiger partial charge in [0.15, 0.2) is 0 Å². The number of nitrogens with zero attached hydrogens (tertiary/aromatic N) is 2. The zero-order chi connectivity index (χ0) is 10.7. The van der Waals surface area contributed by atoms with Gasteiger partial charge in [-0.05, 0) is 33.9 Å². The molecule has 0 radical (unpaired) electrons. The third-order valence-corrected chi connectivity index (χ3v) is 3.24. The van der Waals surface area contributed by atoms with Gasteiger partial charge in [-0.1, -0.05) is 15.9 Å². The zero-order valence-electron chi connectivity index (χ0n) is 9.16. The van der Waals surface area contributed by atoms with E-state index in [9.17, 15) is 4.79 Å². The number of halogens is 1. The Hall–Kier alpha value is -0.0900. The van der Waals surface area contributed by atoms with Gasteiger partial charge in [0.1, 0.15) is 0 Å². The van der Waals surface area contributed by atoms with Crippen molar-refractivity contribution in [2.75, 3.05) is 27.2 Å². The van der Waals surface area contributed by atoms with Crippen LogP contribution in [0.25, 0.3) is 0 Å². The van der Waals surface area contributed by atoms with Gasteiger partial charge < -0.3 is 9.80 Å². The predicted molar refractivity (Wildman–Crippen MR) is 61.7 cm³/mol. The third kappa shape index (κ3) is 2.95. The van der Waals surface area contributed by atoms with Gasteiger partial charge in [-0.3, -0.25) is 4.79 Å². The summed E-state index contributed by atoms with van der Waals surface area (Å²) in [5.41, 5.74) is 0. The second kappa shape index (κ2) is 5.12.